The van der Waals surface area contributed by atoms with Crippen LogP contribution < -0.4 is 0 Å². The maximum absolute atomic E-state index is 10.7. The number of alkyl halides is 3. The van der Waals surface area contributed by atoms with Crippen LogP contribution in [-0.4, -0.2) is 18.5 Å². The number of halogens is 3. The van der Waals surface area contributed by atoms with E-state index in [1.807, 2.05) is 34.4 Å². The molecule has 0 amide bonds. The van der Waals surface area contributed by atoms with Crippen molar-refractivity contribution in [2.75, 3.05) is 0 Å². The fourth-order valence-corrected chi connectivity index (χ4v) is 4.32. The van der Waals surface area contributed by atoms with Gasteiger partial charge in [0.05, 0.1) is 8.42 Å². The van der Waals surface area contributed by atoms with Crippen molar-refractivity contribution in [3.8, 4) is 0 Å². The van der Waals surface area contributed by atoms with E-state index in [1.54, 1.807) is 0 Å². The Hall–Kier alpha value is -0.550. The molecule has 0 bridgehead atoms. The molecule has 0 fully saturated rings. The summed E-state index contributed by atoms with van der Waals surface area (Å²) in [5.74, 6) is 0. The third kappa shape index (κ3) is 5.99. The number of hydrogen-bond donors (Lipinski definition) is 1. The molecule has 0 spiro atoms. The quantitative estimate of drug-likeness (QED) is 0.594. The van der Waals surface area contributed by atoms with Gasteiger partial charge in [-0.05, 0) is 47.9 Å². The largest absolute Gasteiger partial charge is 0.522 e. The molecule has 0 atom stereocenters. The van der Waals surface area contributed by atoms with E-state index in [9.17, 15) is 13.2 Å². The van der Waals surface area contributed by atoms with Gasteiger partial charge in [0.1, 0.15) is 0 Å². The molecule has 3 nitrogen and oxygen atoms in total. The molecular formula is C11H11F3O3S4. The highest BCUT2D eigenvalue weighted by Crippen LogP contribution is 2.37. The fourth-order valence-electron chi connectivity index (χ4n) is 1.01. The Bertz CT molecular complexity index is 686. The van der Waals surface area contributed by atoms with E-state index in [1.165, 1.54) is 19.5 Å². The summed E-state index contributed by atoms with van der Waals surface area (Å²) < 4.78 is 60.4. The van der Waals surface area contributed by atoms with E-state index < -0.39 is 15.6 Å². The Morgan fingerprint density at radius 2 is 1.81 bits per heavy atom. The van der Waals surface area contributed by atoms with Crippen molar-refractivity contribution in [2.24, 2.45) is 0 Å². The van der Waals surface area contributed by atoms with Gasteiger partial charge in [-0.1, -0.05) is 11.8 Å². The molecule has 0 saturated carbocycles. The SMILES string of the molecule is Cc1csc(Sc2sccc2C)c1.O=S(=O)(O)C(F)(F)F. The lowest BCUT2D eigenvalue weighted by atomic mass is 10.4. The van der Waals surface area contributed by atoms with E-state index in [4.69, 9.17) is 13.0 Å². The smallest absolute Gasteiger partial charge is 0.279 e. The Kier molecular flexibility index (Phi) is 6.29. The zero-order valence-electron chi connectivity index (χ0n) is 10.8. The van der Waals surface area contributed by atoms with E-state index >= 15 is 0 Å². The van der Waals surface area contributed by atoms with Gasteiger partial charge in [0.25, 0.3) is 0 Å². The first kappa shape index (κ1) is 18.5. The molecule has 21 heavy (non-hydrogen) atoms. The summed E-state index contributed by atoms with van der Waals surface area (Å²) in [6.45, 7) is 4.31. The van der Waals surface area contributed by atoms with Crippen LogP contribution in [0.2, 0.25) is 0 Å². The number of hydrogen-bond acceptors (Lipinski definition) is 5. The summed E-state index contributed by atoms with van der Waals surface area (Å²) in [5.41, 5.74) is -2.78. The van der Waals surface area contributed by atoms with Gasteiger partial charge in [0.2, 0.25) is 0 Å². The van der Waals surface area contributed by atoms with Gasteiger partial charge in [-0.2, -0.15) is 21.6 Å². The molecule has 0 aromatic carbocycles. The minimum atomic E-state index is -5.84. The van der Waals surface area contributed by atoms with Crippen LogP contribution in [0.15, 0.2) is 31.3 Å². The van der Waals surface area contributed by atoms with E-state index in [-0.39, 0.29) is 0 Å². The van der Waals surface area contributed by atoms with Gasteiger partial charge < -0.3 is 0 Å². The predicted octanol–water partition coefficient (Wildman–Crippen LogP) is 4.97. The summed E-state index contributed by atoms with van der Waals surface area (Å²) >= 11 is 5.53. The molecule has 0 aliphatic heterocycles. The third-order valence-electron chi connectivity index (χ3n) is 2.01. The van der Waals surface area contributed by atoms with E-state index in [2.05, 4.69) is 36.7 Å². The Labute approximate surface area is 132 Å². The standard InChI is InChI=1S/C10H10S3.CHF3O3S/c1-7-5-9(12-6-7)13-10-8(2)3-4-11-10;2-1(3,4)8(5,6)7/h3-6H,1-2H3;(H,5,6,7). The number of thiophene rings is 2. The van der Waals surface area contributed by atoms with Crippen molar-refractivity contribution in [3.05, 3.63) is 34.0 Å². The first-order valence-corrected chi connectivity index (χ1v) is 9.33. The highest BCUT2D eigenvalue weighted by atomic mass is 32.2. The lowest BCUT2D eigenvalue weighted by Crippen LogP contribution is -2.21. The van der Waals surface area contributed by atoms with Gasteiger partial charge in [0.15, 0.2) is 0 Å². The van der Waals surface area contributed by atoms with Gasteiger partial charge in [0, 0.05) is 0 Å². The zero-order valence-corrected chi connectivity index (χ0v) is 14.1. The molecule has 118 valence electrons. The van der Waals surface area contributed by atoms with Crippen LogP contribution in [0.4, 0.5) is 13.2 Å². The maximum atomic E-state index is 10.7. The Balaban J connectivity index is 0.000000240. The number of rotatable bonds is 2. The highest BCUT2D eigenvalue weighted by Gasteiger charge is 2.44. The van der Waals surface area contributed by atoms with Crippen LogP contribution in [0.5, 0.6) is 0 Å². The van der Waals surface area contributed by atoms with Crippen molar-refractivity contribution >= 4 is 44.6 Å². The second-order valence-electron chi connectivity index (χ2n) is 3.86. The lowest BCUT2D eigenvalue weighted by molar-refractivity contribution is -0.0510. The average Bonchev–Trinajstić information content (AvgIpc) is 2.88. The molecule has 0 aliphatic rings. The second kappa shape index (κ2) is 7.14. The van der Waals surface area contributed by atoms with Gasteiger partial charge in [-0.25, -0.2) is 0 Å². The molecule has 0 radical (unpaired) electrons. The molecule has 10 heteroatoms. The van der Waals surface area contributed by atoms with Crippen LogP contribution in [0.1, 0.15) is 11.1 Å². The molecule has 2 aromatic heterocycles. The molecular weight excluding hydrogens is 365 g/mol. The van der Waals surface area contributed by atoms with E-state index in [0.717, 1.165) is 0 Å². The number of aryl methyl sites for hydroxylation is 2. The summed E-state index contributed by atoms with van der Waals surface area (Å²) in [7, 11) is -5.84. The predicted molar refractivity (Wildman–Crippen MR) is 79.8 cm³/mol. The molecule has 2 aromatic rings. The molecule has 2 heterocycles. The molecule has 0 unspecified atom stereocenters. The van der Waals surface area contributed by atoms with Crippen LogP contribution in [0.25, 0.3) is 0 Å². The monoisotopic (exact) mass is 376 g/mol. The van der Waals surface area contributed by atoms with Crippen molar-refractivity contribution in [1.82, 2.24) is 0 Å². The summed E-state index contributed by atoms with van der Waals surface area (Å²) in [6, 6.07) is 4.42. The minimum absolute atomic E-state index is 1.36. The molecule has 0 aliphatic carbocycles. The first-order chi connectivity index (χ1) is 9.50. The topological polar surface area (TPSA) is 54.4 Å². The maximum Gasteiger partial charge on any atom is 0.522 e. The first-order valence-electron chi connectivity index (χ1n) is 5.31. The summed E-state index contributed by atoms with van der Waals surface area (Å²) in [5, 5.41) is 4.35. The van der Waals surface area contributed by atoms with Crippen molar-refractivity contribution in [3.63, 3.8) is 0 Å². The molecule has 2 rings (SSSR count). The molecule has 0 saturated heterocycles. The normalized spacial score (nSPS) is 11.9. The Morgan fingerprint density at radius 3 is 2.14 bits per heavy atom. The van der Waals surface area contributed by atoms with Gasteiger partial charge >= 0.3 is 15.6 Å². The van der Waals surface area contributed by atoms with Crippen LogP contribution >= 0.6 is 34.4 Å². The summed E-state index contributed by atoms with van der Waals surface area (Å²) in [6.07, 6.45) is 0. The van der Waals surface area contributed by atoms with Gasteiger partial charge in [-0.3, -0.25) is 4.55 Å². The van der Waals surface area contributed by atoms with Crippen LogP contribution in [0, 0.1) is 13.8 Å². The Morgan fingerprint density at radius 1 is 1.24 bits per heavy atom. The highest BCUT2D eigenvalue weighted by molar-refractivity contribution is 8.02. The molecule has 1 N–H and O–H groups in total. The second-order valence-corrected chi connectivity index (χ2v) is 8.67. The minimum Gasteiger partial charge on any atom is -0.279 e. The van der Waals surface area contributed by atoms with E-state index in [0.29, 0.717) is 0 Å². The third-order valence-corrected chi connectivity index (χ3v) is 6.14. The summed E-state index contributed by atoms with van der Waals surface area (Å²) in [4.78, 5) is 0. The van der Waals surface area contributed by atoms with Crippen molar-refractivity contribution in [1.29, 1.82) is 0 Å². The average molecular weight is 376 g/mol. The van der Waals surface area contributed by atoms with Gasteiger partial charge in [-0.15, -0.1) is 22.7 Å². The van der Waals surface area contributed by atoms with Crippen molar-refractivity contribution < 1.29 is 26.1 Å². The van der Waals surface area contributed by atoms with Crippen molar-refractivity contribution in [2.45, 2.75) is 27.8 Å². The zero-order chi connectivity index (χ0) is 16.3. The lowest BCUT2D eigenvalue weighted by Gasteiger charge is -1.97. The van der Waals surface area contributed by atoms with Crippen LogP contribution in [0.3, 0.4) is 0 Å². The fraction of sp³-hybridized carbons (Fsp3) is 0.273. The van der Waals surface area contributed by atoms with Crippen LogP contribution in [-0.2, 0) is 10.1 Å².